The number of fused-ring (bicyclic) bond motifs is 1. The van der Waals surface area contributed by atoms with E-state index in [4.69, 9.17) is 14.0 Å². The summed E-state index contributed by atoms with van der Waals surface area (Å²) < 4.78 is 16.7. The Hall–Kier alpha value is -4.13. The largest absolute Gasteiger partial charge is 0.454 e. The minimum absolute atomic E-state index is 0.148. The van der Waals surface area contributed by atoms with Gasteiger partial charge in [-0.2, -0.15) is 0 Å². The summed E-state index contributed by atoms with van der Waals surface area (Å²) in [4.78, 5) is 16.7. The maximum atomic E-state index is 12.6. The van der Waals surface area contributed by atoms with Crippen LogP contribution in [0.4, 0.5) is 5.88 Å². The Morgan fingerprint density at radius 2 is 1.80 bits per heavy atom. The highest BCUT2D eigenvalue weighted by Gasteiger charge is 2.26. The van der Waals surface area contributed by atoms with Crippen LogP contribution in [0.5, 0.6) is 11.5 Å². The van der Waals surface area contributed by atoms with Gasteiger partial charge in [-0.15, -0.1) is 0 Å². The van der Waals surface area contributed by atoms with Crippen LogP contribution < -0.4 is 14.8 Å². The van der Waals surface area contributed by atoms with Gasteiger partial charge in [-0.25, -0.2) is 0 Å². The molecule has 0 unspecified atom stereocenters. The van der Waals surface area contributed by atoms with Gasteiger partial charge >= 0.3 is 0 Å². The van der Waals surface area contributed by atoms with Gasteiger partial charge in [-0.3, -0.25) is 15.1 Å². The van der Waals surface area contributed by atoms with Gasteiger partial charge in [0.25, 0.3) is 0 Å². The number of ether oxygens (including phenoxy) is 2. The van der Waals surface area contributed by atoms with Crippen molar-refractivity contribution in [3.8, 4) is 33.9 Å². The molecular formula is C23H17N3O4. The number of carbonyl (C=O) groups excluding carboxylic acids is 1. The van der Waals surface area contributed by atoms with E-state index in [1.54, 1.807) is 12.4 Å². The van der Waals surface area contributed by atoms with E-state index in [-0.39, 0.29) is 25.0 Å². The molecule has 0 atom stereocenters. The van der Waals surface area contributed by atoms with Crippen molar-refractivity contribution in [1.82, 2.24) is 10.1 Å². The van der Waals surface area contributed by atoms with E-state index >= 15 is 0 Å². The summed E-state index contributed by atoms with van der Waals surface area (Å²) in [5, 5.41) is 7.11. The molecule has 0 saturated heterocycles. The molecule has 1 amide bonds. The topological polar surface area (TPSA) is 86.5 Å². The predicted molar refractivity (Wildman–Crippen MR) is 110 cm³/mol. The van der Waals surface area contributed by atoms with E-state index in [1.807, 2.05) is 60.7 Å². The standard InChI is InChI=1S/C23H17N3O4/c27-19(13-15-5-2-1-3-6-15)25-23-20(16-9-11-24-12-10-16)21(26-30-23)17-7-4-8-18-22(17)29-14-28-18/h1-12H,13-14H2,(H,25,27). The number of pyridine rings is 1. The number of hydrogen-bond donors (Lipinski definition) is 1. The number of nitrogens with zero attached hydrogens (tertiary/aromatic N) is 2. The monoisotopic (exact) mass is 399 g/mol. The van der Waals surface area contributed by atoms with E-state index < -0.39 is 0 Å². The molecule has 148 valence electrons. The zero-order chi connectivity index (χ0) is 20.3. The summed E-state index contributed by atoms with van der Waals surface area (Å²) in [7, 11) is 0. The first-order chi connectivity index (χ1) is 14.8. The fourth-order valence-corrected chi connectivity index (χ4v) is 3.41. The highest BCUT2D eigenvalue weighted by Crippen LogP contribution is 2.45. The van der Waals surface area contributed by atoms with Crippen LogP contribution in [0.15, 0.2) is 77.6 Å². The lowest BCUT2D eigenvalue weighted by Gasteiger charge is -2.08. The molecular weight excluding hydrogens is 382 g/mol. The molecule has 4 aromatic rings. The number of hydrogen-bond acceptors (Lipinski definition) is 6. The van der Waals surface area contributed by atoms with Gasteiger partial charge in [0, 0.05) is 12.4 Å². The third kappa shape index (κ3) is 3.37. The number of nitrogens with one attached hydrogen (secondary N) is 1. The molecule has 0 bridgehead atoms. The molecule has 0 fully saturated rings. The molecule has 1 aliphatic heterocycles. The van der Waals surface area contributed by atoms with E-state index in [2.05, 4.69) is 15.5 Å². The SMILES string of the molecule is O=C(Cc1ccccc1)Nc1onc(-c2cccc3c2OCO3)c1-c1ccncc1. The summed E-state index contributed by atoms with van der Waals surface area (Å²) in [5.74, 6) is 1.32. The van der Waals surface area contributed by atoms with Gasteiger partial charge in [0.2, 0.25) is 18.6 Å². The minimum atomic E-state index is -0.197. The molecule has 1 aliphatic rings. The molecule has 0 spiro atoms. The van der Waals surface area contributed by atoms with Crippen molar-refractivity contribution in [2.75, 3.05) is 12.1 Å². The lowest BCUT2D eigenvalue weighted by Crippen LogP contribution is -2.14. The Morgan fingerprint density at radius 1 is 0.967 bits per heavy atom. The molecule has 0 saturated carbocycles. The zero-order valence-corrected chi connectivity index (χ0v) is 15.9. The lowest BCUT2D eigenvalue weighted by molar-refractivity contribution is -0.115. The molecule has 2 aromatic heterocycles. The Bertz CT molecular complexity index is 1190. The maximum Gasteiger partial charge on any atom is 0.239 e. The summed E-state index contributed by atoms with van der Waals surface area (Å²) >= 11 is 0. The molecule has 7 heteroatoms. The number of benzene rings is 2. The normalized spacial score (nSPS) is 12.0. The number of rotatable bonds is 5. The predicted octanol–water partition coefficient (Wildman–Crippen LogP) is 4.31. The van der Waals surface area contributed by atoms with Crippen molar-refractivity contribution in [1.29, 1.82) is 0 Å². The zero-order valence-electron chi connectivity index (χ0n) is 15.9. The average Bonchev–Trinajstić information content (AvgIpc) is 3.42. The van der Waals surface area contributed by atoms with Crippen LogP contribution in [0.3, 0.4) is 0 Å². The number of amides is 1. The quantitative estimate of drug-likeness (QED) is 0.538. The molecule has 7 nitrogen and oxygen atoms in total. The van der Waals surface area contributed by atoms with Crippen molar-refractivity contribution in [2.45, 2.75) is 6.42 Å². The summed E-state index contributed by atoms with van der Waals surface area (Å²) in [6.45, 7) is 0.148. The van der Waals surface area contributed by atoms with E-state index in [1.165, 1.54) is 0 Å². The van der Waals surface area contributed by atoms with Gasteiger partial charge in [-0.05, 0) is 35.4 Å². The molecule has 30 heavy (non-hydrogen) atoms. The number of anilines is 1. The first kappa shape index (κ1) is 17.9. The first-order valence-electron chi connectivity index (χ1n) is 9.42. The molecule has 3 heterocycles. The van der Waals surface area contributed by atoms with Crippen LogP contribution in [-0.4, -0.2) is 22.8 Å². The van der Waals surface area contributed by atoms with Crippen LogP contribution >= 0.6 is 0 Å². The van der Waals surface area contributed by atoms with Crippen molar-refractivity contribution < 1.29 is 18.8 Å². The number of aromatic nitrogens is 2. The Morgan fingerprint density at radius 3 is 2.63 bits per heavy atom. The lowest BCUT2D eigenvalue weighted by atomic mass is 10.0. The highest BCUT2D eigenvalue weighted by molar-refractivity contribution is 5.98. The Balaban J connectivity index is 1.54. The van der Waals surface area contributed by atoms with Gasteiger partial charge in [0.05, 0.1) is 17.5 Å². The molecule has 2 aromatic carbocycles. The second-order valence-electron chi connectivity index (χ2n) is 6.72. The summed E-state index contributed by atoms with van der Waals surface area (Å²) in [5.41, 5.74) is 3.66. The molecule has 1 N–H and O–H groups in total. The van der Waals surface area contributed by atoms with Crippen LogP contribution in [0.25, 0.3) is 22.4 Å². The fraction of sp³-hybridized carbons (Fsp3) is 0.0870. The minimum Gasteiger partial charge on any atom is -0.454 e. The van der Waals surface area contributed by atoms with E-state index in [0.717, 1.165) is 16.7 Å². The van der Waals surface area contributed by atoms with Gasteiger partial charge in [0.1, 0.15) is 5.69 Å². The number of para-hydroxylation sites is 1. The van der Waals surface area contributed by atoms with E-state index in [9.17, 15) is 4.79 Å². The molecule has 5 rings (SSSR count). The van der Waals surface area contributed by atoms with Crippen molar-refractivity contribution >= 4 is 11.8 Å². The second kappa shape index (κ2) is 7.71. The molecule has 0 radical (unpaired) electrons. The maximum absolute atomic E-state index is 12.6. The second-order valence-corrected chi connectivity index (χ2v) is 6.72. The van der Waals surface area contributed by atoms with Crippen LogP contribution in [0.1, 0.15) is 5.56 Å². The van der Waals surface area contributed by atoms with Crippen molar-refractivity contribution in [2.24, 2.45) is 0 Å². The van der Waals surface area contributed by atoms with Crippen LogP contribution in [0, 0.1) is 0 Å². The van der Waals surface area contributed by atoms with Crippen LogP contribution in [-0.2, 0) is 11.2 Å². The Labute approximate surface area is 172 Å². The van der Waals surface area contributed by atoms with Gasteiger partial charge in [-0.1, -0.05) is 41.6 Å². The van der Waals surface area contributed by atoms with Gasteiger partial charge < -0.3 is 14.0 Å². The third-order valence-electron chi connectivity index (χ3n) is 4.77. The summed E-state index contributed by atoms with van der Waals surface area (Å²) in [6, 6.07) is 18.8. The fourth-order valence-electron chi connectivity index (χ4n) is 3.41. The van der Waals surface area contributed by atoms with E-state index in [0.29, 0.717) is 22.8 Å². The summed E-state index contributed by atoms with van der Waals surface area (Å²) in [6.07, 6.45) is 3.58. The first-order valence-corrected chi connectivity index (χ1v) is 9.42. The smallest absolute Gasteiger partial charge is 0.239 e. The van der Waals surface area contributed by atoms with Crippen LogP contribution in [0.2, 0.25) is 0 Å². The van der Waals surface area contributed by atoms with Crippen molar-refractivity contribution in [3.63, 3.8) is 0 Å². The number of carbonyl (C=O) groups is 1. The average molecular weight is 399 g/mol. The van der Waals surface area contributed by atoms with Gasteiger partial charge in [0.15, 0.2) is 11.5 Å². The molecule has 0 aliphatic carbocycles. The third-order valence-corrected chi connectivity index (χ3v) is 4.77. The van der Waals surface area contributed by atoms with Crippen molar-refractivity contribution in [3.05, 3.63) is 78.6 Å². The highest BCUT2D eigenvalue weighted by atomic mass is 16.7. The Kier molecular flexibility index (Phi) is 4.61.